The fourth-order valence-electron chi connectivity index (χ4n) is 4.48. The fourth-order valence-corrected chi connectivity index (χ4v) is 4.48. The summed E-state index contributed by atoms with van der Waals surface area (Å²) in [5, 5.41) is 4.64. The number of carbonyl (C=O) groups is 1. The van der Waals surface area contributed by atoms with E-state index in [-0.39, 0.29) is 17.8 Å². The first kappa shape index (κ1) is 21.8. The minimum atomic E-state index is -0.324. The van der Waals surface area contributed by atoms with Gasteiger partial charge < -0.3 is 9.80 Å². The van der Waals surface area contributed by atoms with E-state index < -0.39 is 0 Å². The van der Waals surface area contributed by atoms with Gasteiger partial charge in [-0.2, -0.15) is 5.10 Å². The quantitative estimate of drug-likeness (QED) is 0.446. The summed E-state index contributed by atoms with van der Waals surface area (Å²) < 4.78 is 15.2. The SMILES string of the molecule is Cc1cccc(N2CCN(C(=O)c3cc(-c4cccnc4)n(-c4ccc(F)cc4)n3)CC2C)c1. The predicted molar refractivity (Wildman–Crippen MR) is 131 cm³/mol. The van der Waals surface area contributed by atoms with Gasteiger partial charge >= 0.3 is 0 Å². The molecule has 1 saturated heterocycles. The minimum absolute atomic E-state index is 0.109. The van der Waals surface area contributed by atoms with Crippen molar-refractivity contribution in [3.63, 3.8) is 0 Å². The van der Waals surface area contributed by atoms with Gasteiger partial charge in [-0.1, -0.05) is 12.1 Å². The number of hydrogen-bond donors (Lipinski definition) is 0. The van der Waals surface area contributed by atoms with Crippen molar-refractivity contribution in [1.29, 1.82) is 0 Å². The molecule has 0 radical (unpaired) electrons. The number of aryl methyl sites for hydroxylation is 1. The number of carbonyl (C=O) groups excluding carboxylic acids is 1. The largest absolute Gasteiger partial charge is 0.365 e. The van der Waals surface area contributed by atoms with E-state index in [2.05, 4.69) is 53.1 Å². The summed E-state index contributed by atoms with van der Waals surface area (Å²) in [6.07, 6.45) is 3.43. The molecule has 2 aromatic heterocycles. The highest BCUT2D eigenvalue weighted by atomic mass is 19.1. The lowest BCUT2D eigenvalue weighted by Gasteiger charge is -2.41. The Hall–Kier alpha value is -4.00. The Labute approximate surface area is 198 Å². The van der Waals surface area contributed by atoms with Gasteiger partial charge in [0.05, 0.1) is 11.4 Å². The Balaban J connectivity index is 1.42. The van der Waals surface area contributed by atoms with Gasteiger partial charge in [0.2, 0.25) is 0 Å². The van der Waals surface area contributed by atoms with Gasteiger partial charge in [0, 0.05) is 49.3 Å². The second-order valence-electron chi connectivity index (χ2n) is 8.68. The molecule has 2 aromatic carbocycles. The van der Waals surface area contributed by atoms with E-state index in [1.165, 1.54) is 23.4 Å². The van der Waals surface area contributed by atoms with Crippen LogP contribution in [0, 0.1) is 12.7 Å². The van der Waals surface area contributed by atoms with Crippen molar-refractivity contribution in [3.05, 3.63) is 96.2 Å². The van der Waals surface area contributed by atoms with Crippen molar-refractivity contribution < 1.29 is 9.18 Å². The fraction of sp³-hybridized carbons (Fsp3) is 0.222. The van der Waals surface area contributed by atoms with Crippen LogP contribution in [0.1, 0.15) is 23.0 Å². The number of benzene rings is 2. The van der Waals surface area contributed by atoms with E-state index in [1.807, 2.05) is 17.0 Å². The van der Waals surface area contributed by atoms with Crippen LogP contribution in [0.3, 0.4) is 0 Å². The maximum Gasteiger partial charge on any atom is 0.274 e. The summed E-state index contributed by atoms with van der Waals surface area (Å²) in [4.78, 5) is 21.9. The molecule has 172 valence electrons. The Kier molecular flexibility index (Phi) is 5.84. The molecule has 0 spiro atoms. The van der Waals surface area contributed by atoms with Crippen molar-refractivity contribution in [2.45, 2.75) is 19.9 Å². The zero-order chi connectivity index (χ0) is 23.7. The van der Waals surface area contributed by atoms with Crippen LogP contribution in [0.5, 0.6) is 0 Å². The van der Waals surface area contributed by atoms with Gasteiger partial charge in [0.1, 0.15) is 5.82 Å². The van der Waals surface area contributed by atoms with Crippen LogP contribution < -0.4 is 4.90 Å². The summed E-state index contributed by atoms with van der Waals surface area (Å²) in [7, 11) is 0. The number of hydrogen-bond acceptors (Lipinski definition) is 4. The Bertz CT molecular complexity index is 1300. The molecule has 1 aliphatic rings. The standard InChI is InChI=1S/C27H26FN5O/c1-19-5-3-7-24(15-19)32-14-13-31(18-20(32)2)27(34)25-16-26(21-6-4-12-29-17-21)33(30-25)23-10-8-22(28)9-11-23/h3-12,15-17,20H,13-14,18H2,1-2H3. The first-order valence-corrected chi connectivity index (χ1v) is 11.4. The Morgan fingerprint density at radius 2 is 1.82 bits per heavy atom. The van der Waals surface area contributed by atoms with Crippen LogP contribution in [0.15, 0.2) is 79.1 Å². The van der Waals surface area contributed by atoms with Crippen molar-refractivity contribution >= 4 is 11.6 Å². The van der Waals surface area contributed by atoms with E-state index in [1.54, 1.807) is 35.3 Å². The molecule has 1 fully saturated rings. The molecule has 34 heavy (non-hydrogen) atoms. The number of aromatic nitrogens is 3. The van der Waals surface area contributed by atoms with Crippen molar-refractivity contribution in [3.8, 4) is 16.9 Å². The highest BCUT2D eigenvalue weighted by Crippen LogP contribution is 2.26. The maximum atomic E-state index is 13.5. The third-order valence-corrected chi connectivity index (χ3v) is 6.20. The zero-order valence-corrected chi connectivity index (χ0v) is 19.2. The molecule has 6 nitrogen and oxygen atoms in total. The molecular weight excluding hydrogens is 429 g/mol. The van der Waals surface area contributed by atoms with E-state index in [0.29, 0.717) is 24.5 Å². The highest BCUT2D eigenvalue weighted by molar-refractivity contribution is 5.94. The number of pyridine rings is 1. The van der Waals surface area contributed by atoms with Gasteiger partial charge in [-0.05, 0) is 74.0 Å². The third kappa shape index (κ3) is 4.29. The predicted octanol–water partition coefficient (Wildman–Crippen LogP) is 4.73. The number of piperazine rings is 1. The molecule has 4 aromatic rings. The second kappa shape index (κ2) is 9.09. The monoisotopic (exact) mass is 455 g/mol. The van der Waals surface area contributed by atoms with Crippen molar-refractivity contribution in [1.82, 2.24) is 19.7 Å². The van der Waals surface area contributed by atoms with E-state index in [9.17, 15) is 9.18 Å². The average Bonchev–Trinajstić information content (AvgIpc) is 3.30. The van der Waals surface area contributed by atoms with Gasteiger partial charge in [-0.25, -0.2) is 9.07 Å². The summed E-state index contributed by atoms with van der Waals surface area (Å²) >= 11 is 0. The van der Waals surface area contributed by atoms with Gasteiger partial charge in [0.25, 0.3) is 5.91 Å². The minimum Gasteiger partial charge on any atom is -0.365 e. The second-order valence-corrected chi connectivity index (χ2v) is 8.68. The molecule has 5 rings (SSSR count). The average molecular weight is 456 g/mol. The van der Waals surface area contributed by atoms with Crippen molar-refractivity contribution in [2.75, 3.05) is 24.5 Å². The first-order chi connectivity index (χ1) is 16.5. The van der Waals surface area contributed by atoms with Crippen LogP contribution in [-0.4, -0.2) is 51.2 Å². The van der Waals surface area contributed by atoms with Crippen molar-refractivity contribution in [2.24, 2.45) is 0 Å². The molecule has 1 unspecified atom stereocenters. The van der Waals surface area contributed by atoms with Crippen LogP contribution in [0.2, 0.25) is 0 Å². The van der Waals surface area contributed by atoms with Crippen LogP contribution in [-0.2, 0) is 0 Å². The lowest BCUT2D eigenvalue weighted by molar-refractivity contribution is 0.0720. The van der Waals surface area contributed by atoms with Gasteiger partial charge in [-0.3, -0.25) is 9.78 Å². The molecule has 7 heteroatoms. The summed E-state index contributed by atoms with van der Waals surface area (Å²) in [6, 6.07) is 20.3. The number of nitrogens with zero attached hydrogens (tertiary/aromatic N) is 5. The molecule has 0 aliphatic carbocycles. The topological polar surface area (TPSA) is 54.3 Å². The van der Waals surface area contributed by atoms with Crippen LogP contribution in [0.4, 0.5) is 10.1 Å². The van der Waals surface area contributed by atoms with Gasteiger partial charge in [0.15, 0.2) is 5.69 Å². The van der Waals surface area contributed by atoms with Crippen LogP contribution >= 0.6 is 0 Å². The molecule has 0 saturated carbocycles. The lowest BCUT2D eigenvalue weighted by Crippen LogP contribution is -2.53. The maximum absolute atomic E-state index is 13.5. The Morgan fingerprint density at radius 3 is 2.53 bits per heavy atom. The molecule has 3 heterocycles. The molecule has 1 atom stereocenters. The number of amides is 1. The van der Waals surface area contributed by atoms with E-state index in [4.69, 9.17) is 0 Å². The van der Waals surface area contributed by atoms with E-state index in [0.717, 1.165) is 17.8 Å². The number of anilines is 1. The molecule has 1 aliphatic heterocycles. The Morgan fingerprint density at radius 1 is 1.00 bits per heavy atom. The normalized spacial score (nSPS) is 16.0. The van der Waals surface area contributed by atoms with Gasteiger partial charge in [-0.15, -0.1) is 0 Å². The molecule has 0 bridgehead atoms. The summed E-state index contributed by atoms with van der Waals surface area (Å²) in [5.41, 5.74) is 5.00. The summed E-state index contributed by atoms with van der Waals surface area (Å²) in [6.45, 7) is 6.21. The zero-order valence-electron chi connectivity index (χ0n) is 19.2. The third-order valence-electron chi connectivity index (χ3n) is 6.20. The summed E-state index contributed by atoms with van der Waals surface area (Å²) in [5.74, 6) is -0.433. The molecular formula is C27H26FN5O. The van der Waals surface area contributed by atoms with E-state index >= 15 is 0 Å². The highest BCUT2D eigenvalue weighted by Gasteiger charge is 2.29. The molecule has 1 amide bonds. The lowest BCUT2D eigenvalue weighted by atomic mass is 10.1. The number of halogens is 1. The number of rotatable bonds is 4. The first-order valence-electron chi connectivity index (χ1n) is 11.4. The molecule has 0 N–H and O–H groups in total. The smallest absolute Gasteiger partial charge is 0.274 e. The van der Waals surface area contributed by atoms with Crippen LogP contribution in [0.25, 0.3) is 16.9 Å².